The van der Waals surface area contributed by atoms with Gasteiger partial charge in [0, 0.05) is 36.7 Å². The first-order chi connectivity index (χ1) is 12.7. The first-order valence-electron chi connectivity index (χ1n) is 8.90. The fourth-order valence-electron chi connectivity index (χ4n) is 2.28. The molecule has 8 heteroatoms. The summed E-state index contributed by atoms with van der Waals surface area (Å²) in [5.74, 6) is 2.79. The SMILES string of the molecule is C=C(C)CN=C(NCCSc1ccccc1)NCCn1cnnc1CC.I. The number of guanidine groups is 1. The third-order valence-electron chi connectivity index (χ3n) is 3.57. The van der Waals surface area contributed by atoms with E-state index in [2.05, 4.69) is 68.2 Å². The van der Waals surface area contributed by atoms with Gasteiger partial charge in [-0.3, -0.25) is 0 Å². The van der Waals surface area contributed by atoms with Gasteiger partial charge in [0.25, 0.3) is 0 Å². The second kappa shape index (κ2) is 13.6. The van der Waals surface area contributed by atoms with Crippen molar-refractivity contribution >= 4 is 41.7 Å². The van der Waals surface area contributed by atoms with Gasteiger partial charge in [0.1, 0.15) is 12.2 Å². The van der Waals surface area contributed by atoms with Crippen LogP contribution in [0.4, 0.5) is 0 Å². The number of thioether (sulfide) groups is 1. The van der Waals surface area contributed by atoms with E-state index in [1.165, 1.54) is 4.90 Å². The largest absolute Gasteiger partial charge is 0.356 e. The molecule has 0 saturated heterocycles. The summed E-state index contributed by atoms with van der Waals surface area (Å²) in [6.07, 6.45) is 2.65. The quantitative estimate of drug-likeness (QED) is 0.131. The summed E-state index contributed by atoms with van der Waals surface area (Å²) in [6.45, 7) is 11.0. The van der Waals surface area contributed by atoms with Gasteiger partial charge in [-0.2, -0.15) is 0 Å². The van der Waals surface area contributed by atoms with E-state index in [0.29, 0.717) is 6.54 Å². The summed E-state index contributed by atoms with van der Waals surface area (Å²) in [7, 11) is 0. The number of nitrogens with zero attached hydrogens (tertiary/aromatic N) is 4. The van der Waals surface area contributed by atoms with Gasteiger partial charge in [-0.15, -0.1) is 45.9 Å². The van der Waals surface area contributed by atoms with Crippen LogP contribution in [0.2, 0.25) is 0 Å². The highest BCUT2D eigenvalue weighted by atomic mass is 127. The molecule has 0 amide bonds. The Morgan fingerprint density at radius 1 is 1.22 bits per heavy atom. The van der Waals surface area contributed by atoms with E-state index < -0.39 is 0 Å². The number of hydrogen-bond acceptors (Lipinski definition) is 4. The van der Waals surface area contributed by atoms with Gasteiger partial charge in [-0.25, -0.2) is 4.99 Å². The van der Waals surface area contributed by atoms with Crippen LogP contribution in [-0.4, -0.2) is 46.1 Å². The molecule has 1 aromatic carbocycles. The number of benzene rings is 1. The number of rotatable bonds is 10. The smallest absolute Gasteiger partial charge is 0.191 e. The molecule has 1 aromatic heterocycles. The van der Waals surface area contributed by atoms with E-state index in [9.17, 15) is 0 Å². The number of aliphatic imine (C=N–C) groups is 1. The first-order valence-corrected chi connectivity index (χ1v) is 9.88. The Balaban J connectivity index is 0.00000364. The van der Waals surface area contributed by atoms with E-state index >= 15 is 0 Å². The van der Waals surface area contributed by atoms with Crippen molar-refractivity contribution in [3.05, 3.63) is 54.6 Å². The summed E-state index contributed by atoms with van der Waals surface area (Å²) in [5.41, 5.74) is 1.04. The van der Waals surface area contributed by atoms with Crippen molar-refractivity contribution in [2.24, 2.45) is 4.99 Å². The standard InChI is InChI=1S/C19H28N6S.HI/c1-4-18-24-23-15-25(18)12-10-20-19(22-14-16(2)3)21-11-13-26-17-8-6-5-7-9-17;/h5-9,15H,2,4,10-14H2,1,3H3,(H2,20,21,22);1H. The lowest BCUT2D eigenvalue weighted by molar-refractivity contribution is 0.633. The van der Waals surface area contributed by atoms with Crippen LogP contribution in [0.3, 0.4) is 0 Å². The van der Waals surface area contributed by atoms with E-state index in [1.54, 1.807) is 6.33 Å². The molecule has 148 valence electrons. The maximum Gasteiger partial charge on any atom is 0.191 e. The maximum absolute atomic E-state index is 4.57. The highest BCUT2D eigenvalue weighted by Gasteiger charge is 2.03. The minimum atomic E-state index is 0. The highest BCUT2D eigenvalue weighted by molar-refractivity contribution is 14.0. The Morgan fingerprint density at radius 2 is 1.96 bits per heavy atom. The van der Waals surface area contributed by atoms with Crippen molar-refractivity contribution in [3.8, 4) is 0 Å². The average Bonchev–Trinajstić information content (AvgIpc) is 3.11. The van der Waals surface area contributed by atoms with Crippen molar-refractivity contribution in [1.29, 1.82) is 0 Å². The molecule has 2 N–H and O–H groups in total. The summed E-state index contributed by atoms with van der Waals surface area (Å²) in [4.78, 5) is 5.85. The van der Waals surface area contributed by atoms with Crippen molar-refractivity contribution in [2.75, 3.05) is 25.4 Å². The molecule has 0 atom stereocenters. The minimum Gasteiger partial charge on any atom is -0.356 e. The predicted molar refractivity (Wildman–Crippen MR) is 125 cm³/mol. The molecule has 0 bridgehead atoms. The topological polar surface area (TPSA) is 67.1 Å². The van der Waals surface area contributed by atoms with Crippen molar-refractivity contribution in [2.45, 2.75) is 31.7 Å². The van der Waals surface area contributed by atoms with Crippen LogP contribution in [-0.2, 0) is 13.0 Å². The third kappa shape index (κ3) is 9.28. The number of aromatic nitrogens is 3. The molecule has 0 saturated carbocycles. The van der Waals surface area contributed by atoms with Gasteiger partial charge < -0.3 is 15.2 Å². The van der Waals surface area contributed by atoms with Crippen LogP contribution >= 0.6 is 35.7 Å². The van der Waals surface area contributed by atoms with E-state index in [1.807, 2.05) is 24.8 Å². The monoisotopic (exact) mass is 500 g/mol. The molecular weight excluding hydrogens is 471 g/mol. The molecule has 0 aliphatic rings. The van der Waals surface area contributed by atoms with Crippen LogP contribution in [0, 0.1) is 0 Å². The second-order valence-corrected chi connectivity index (χ2v) is 7.10. The van der Waals surface area contributed by atoms with Gasteiger partial charge in [0.2, 0.25) is 0 Å². The van der Waals surface area contributed by atoms with Crippen LogP contribution in [0.15, 0.2) is 58.7 Å². The zero-order valence-corrected chi connectivity index (χ0v) is 19.2. The number of halogens is 1. The lowest BCUT2D eigenvalue weighted by Crippen LogP contribution is -2.40. The summed E-state index contributed by atoms with van der Waals surface area (Å²) >= 11 is 1.83. The molecule has 27 heavy (non-hydrogen) atoms. The van der Waals surface area contributed by atoms with Crippen molar-refractivity contribution in [1.82, 2.24) is 25.4 Å². The van der Waals surface area contributed by atoms with Gasteiger partial charge in [-0.1, -0.05) is 37.3 Å². The lowest BCUT2D eigenvalue weighted by Gasteiger charge is -2.13. The Hall–Kier alpha value is -1.55. The zero-order chi connectivity index (χ0) is 18.6. The van der Waals surface area contributed by atoms with Crippen LogP contribution in [0.1, 0.15) is 19.7 Å². The van der Waals surface area contributed by atoms with E-state index in [-0.39, 0.29) is 24.0 Å². The van der Waals surface area contributed by atoms with E-state index in [0.717, 1.165) is 49.2 Å². The van der Waals surface area contributed by atoms with Gasteiger partial charge in [0.15, 0.2) is 5.96 Å². The minimum absolute atomic E-state index is 0. The van der Waals surface area contributed by atoms with Gasteiger partial charge in [-0.05, 0) is 19.1 Å². The van der Waals surface area contributed by atoms with Crippen molar-refractivity contribution in [3.63, 3.8) is 0 Å². The molecule has 0 spiro atoms. The molecule has 2 rings (SSSR count). The molecule has 0 aliphatic carbocycles. The van der Waals surface area contributed by atoms with Crippen LogP contribution in [0.5, 0.6) is 0 Å². The Kier molecular flexibility index (Phi) is 11.8. The Labute approximate surface area is 183 Å². The Morgan fingerprint density at radius 3 is 2.67 bits per heavy atom. The fourth-order valence-corrected chi connectivity index (χ4v) is 3.07. The number of nitrogens with one attached hydrogen (secondary N) is 2. The zero-order valence-electron chi connectivity index (χ0n) is 16.0. The average molecular weight is 500 g/mol. The van der Waals surface area contributed by atoms with Crippen LogP contribution in [0.25, 0.3) is 0 Å². The van der Waals surface area contributed by atoms with Crippen molar-refractivity contribution < 1.29 is 0 Å². The lowest BCUT2D eigenvalue weighted by atomic mass is 10.4. The van der Waals surface area contributed by atoms with Crippen LogP contribution < -0.4 is 10.6 Å². The summed E-state index contributed by atoms with van der Waals surface area (Å²) in [5, 5.41) is 14.8. The third-order valence-corrected chi connectivity index (χ3v) is 4.58. The molecule has 0 radical (unpaired) electrons. The van der Waals surface area contributed by atoms with Gasteiger partial charge >= 0.3 is 0 Å². The second-order valence-electron chi connectivity index (χ2n) is 5.93. The molecule has 2 aromatic rings. The van der Waals surface area contributed by atoms with Gasteiger partial charge in [0.05, 0.1) is 6.54 Å². The Bertz CT molecular complexity index is 701. The van der Waals surface area contributed by atoms with E-state index in [4.69, 9.17) is 0 Å². The molecule has 1 heterocycles. The number of aryl methyl sites for hydroxylation is 1. The molecular formula is C19H29IN6S. The molecule has 0 aliphatic heterocycles. The summed E-state index contributed by atoms with van der Waals surface area (Å²) in [6, 6.07) is 10.4. The number of hydrogen-bond donors (Lipinski definition) is 2. The molecule has 0 fully saturated rings. The first kappa shape index (κ1) is 23.5. The molecule has 0 unspecified atom stereocenters. The maximum atomic E-state index is 4.57. The fraction of sp³-hybridized carbons (Fsp3) is 0.421. The molecule has 6 nitrogen and oxygen atoms in total. The highest BCUT2D eigenvalue weighted by Crippen LogP contribution is 2.15. The normalized spacial score (nSPS) is 11.0. The predicted octanol–water partition coefficient (Wildman–Crippen LogP) is 3.36. The summed E-state index contributed by atoms with van der Waals surface area (Å²) < 4.78 is 2.06.